The molecule has 18 heavy (non-hydrogen) atoms. The number of carbonyl (C=O) groups is 1. The first kappa shape index (κ1) is 14.2. The second kappa shape index (κ2) is 7.45. The zero-order valence-electron chi connectivity index (χ0n) is 10.7. The summed E-state index contributed by atoms with van der Waals surface area (Å²) >= 11 is 0. The van der Waals surface area contributed by atoms with Gasteiger partial charge < -0.3 is 9.84 Å². The molecular formula is C15H18O3. The van der Waals surface area contributed by atoms with Crippen molar-refractivity contribution in [2.75, 3.05) is 7.11 Å². The molecule has 1 aromatic rings. The summed E-state index contributed by atoms with van der Waals surface area (Å²) < 4.78 is 5.41. The highest BCUT2D eigenvalue weighted by Gasteiger charge is 2.07. The van der Waals surface area contributed by atoms with E-state index in [-0.39, 0.29) is 6.10 Å². The quantitative estimate of drug-likeness (QED) is 0.619. The predicted octanol–water partition coefficient (Wildman–Crippen LogP) is 3.27. The number of rotatable bonds is 6. The number of benzene rings is 1. The summed E-state index contributed by atoms with van der Waals surface area (Å²) in [5.41, 5.74) is 2.34. The molecule has 0 heterocycles. The Balaban J connectivity index is 2.57. The molecule has 0 saturated carbocycles. The Bertz CT molecular complexity index is 430. The Labute approximate surface area is 107 Å². The highest BCUT2D eigenvalue weighted by atomic mass is 16.5. The lowest BCUT2D eigenvalue weighted by Gasteiger charge is -2.13. The number of carboxylic acids is 1. The Morgan fingerprint density at radius 3 is 2.56 bits per heavy atom. The van der Waals surface area contributed by atoms with Crippen LogP contribution in [0.3, 0.4) is 0 Å². The first-order valence-electron chi connectivity index (χ1n) is 5.79. The fourth-order valence-electron chi connectivity index (χ4n) is 1.57. The predicted molar refractivity (Wildman–Crippen MR) is 71.5 cm³/mol. The molecule has 0 aliphatic carbocycles. The molecule has 1 atom stereocenters. The summed E-state index contributed by atoms with van der Waals surface area (Å²) in [5.74, 6) is -0.943. The van der Waals surface area contributed by atoms with Gasteiger partial charge in [-0.05, 0) is 18.9 Å². The van der Waals surface area contributed by atoms with Gasteiger partial charge in [0.15, 0.2) is 0 Å². The van der Waals surface area contributed by atoms with Crippen LogP contribution in [0.4, 0.5) is 0 Å². The van der Waals surface area contributed by atoms with Crippen LogP contribution in [0.2, 0.25) is 0 Å². The molecule has 0 bridgehead atoms. The Morgan fingerprint density at radius 1 is 1.33 bits per heavy atom. The van der Waals surface area contributed by atoms with Crippen LogP contribution in [0, 0.1) is 6.92 Å². The van der Waals surface area contributed by atoms with Gasteiger partial charge in [0.25, 0.3) is 0 Å². The van der Waals surface area contributed by atoms with Crippen LogP contribution in [0.15, 0.2) is 48.6 Å². The van der Waals surface area contributed by atoms with Gasteiger partial charge in [-0.2, -0.15) is 0 Å². The minimum absolute atomic E-state index is 0.0000723. The van der Waals surface area contributed by atoms with E-state index in [0.717, 1.165) is 11.6 Å². The highest BCUT2D eigenvalue weighted by Crippen LogP contribution is 2.21. The van der Waals surface area contributed by atoms with Crippen molar-refractivity contribution >= 4 is 5.97 Å². The largest absolute Gasteiger partial charge is 0.478 e. The number of ether oxygens (including phenoxy) is 1. The maximum atomic E-state index is 10.3. The van der Waals surface area contributed by atoms with Crippen LogP contribution in [0.1, 0.15) is 23.7 Å². The maximum absolute atomic E-state index is 10.3. The van der Waals surface area contributed by atoms with Crippen LogP contribution >= 0.6 is 0 Å². The van der Waals surface area contributed by atoms with Gasteiger partial charge in [-0.15, -0.1) is 0 Å². The average Bonchev–Trinajstić information content (AvgIpc) is 2.35. The van der Waals surface area contributed by atoms with Crippen molar-refractivity contribution in [3.63, 3.8) is 0 Å². The van der Waals surface area contributed by atoms with E-state index in [4.69, 9.17) is 9.84 Å². The van der Waals surface area contributed by atoms with Gasteiger partial charge in [0.05, 0.1) is 6.10 Å². The summed E-state index contributed by atoms with van der Waals surface area (Å²) in [7, 11) is 1.67. The smallest absolute Gasteiger partial charge is 0.328 e. The first-order valence-corrected chi connectivity index (χ1v) is 5.79. The second-order valence-electron chi connectivity index (χ2n) is 4.00. The molecule has 3 nitrogen and oxygen atoms in total. The Morgan fingerprint density at radius 2 is 2.00 bits per heavy atom. The molecule has 1 N–H and O–H groups in total. The summed E-state index contributed by atoms with van der Waals surface area (Å²) in [6.45, 7) is 2.04. The summed E-state index contributed by atoms with van der Waals surface area (Å²) in [5, 5.41) is 8.43. The third kappa shape index (κ3) is 4.97. The number of aliphatic carboxylic acids is 1. The van der Waals surface area contributed by atoms with Gasteiger partial charge in [0.1, 0.15) is 0 Å². The van der Waals surface area contributed by atoms with Gasteiger partial charge in [-0.3, -0.25) is 0 Å². The zero-order chi connectivity index (χ0) is 13.4. The molecule has 0 aliphatic rings. The fourth-order valence-corrected chi connectivity index (χ4v) is 1.57. The van der Waals surface area contributed by atoms with E-state index in [1.807, 2.05) is 25.1 Å². The number of carboxylic acid groups (broad SMARTS) is 1. The van der Waals surface area contributed by atoms with Gasteiger partial charge >= 0.3 is 5.97 Å². The van der Waals surface area contributed by atoms with Crippen molar-refractivity contribution in [2.45, 2.75) is 19.4 Å². The zero-order valence-corrected chi connectivity index (χ0v) is 10.7. The lowest BCUT2D eigenvalue weighted by Crippen LogP contribution is -1.99. The molecule has 0 saturated heterocycles. The Hall–Kier alpha value is -1.87. The molecule has 0 aromatic heterocycles. The molecule has 0 fully saturated rings. The molecule has 0 spiro atoms. The van der Waals surface area contributed by atoms with E-state index >= 15 is 0 Å². The minimum atomic E-state index is -0.943. The molecule has 1 aromatic carbocycles. The molecular weight excluding hydrogens is 228 g/mol. The van der Waals surface area contributed by atoms with Crippen LogP contribution in [-0.4, -0.2) is 18.2 Å². The topological polar surface area (TPSA) is 46.5 Å². The third-order valence-corrected chi connectivity index (χ3v) is 2.57. The van der Waals surface area contributed by atoms with E-state index in [0.29, 0.717) is 6.42 Å². The van der Waals surface area contributed by atoms with Crippen LogP contribution in [0.5, 0.6) is 0 Å². The second-order valence-corrected chi connectivity index (χ2v) is 4.00. The van der Waals surface area contributed by atoms with Gasteiger partial charge in [-0.1, -0.05) is 48.1 Å². The van der Waals surface area contributed by atoms with Crippen LogP contribution < -0.4 is 0 Å². The van der Waals surface area contributed by atoms with Crippen molar-refractivity contribution < 1.29 is 14.6 Å². The molecule has 0 amide bonds. The number of aryl methyl sites for hydroxylation is 1. The maximum Gasteiger partial charge on any atom is 0.328 e. The average molecular weight is 246 g/mol. The van der Waals surface area contributed by atoms with E-state index in [1.165, 1.54) is 11.6 Å². The lowest BCUT2D eigenvalue weighted by atomic mass is 10.0. The van der Waals surface area contributed by atoms with Gasteiger partial charge in [-0.25, -0.2) is 4.79 Å². The van der Waals surface area contributed by atoms with Crippen molar-refractivity contribution in [1.29, 1.82) is 0 Å². The van der Waals surface area contributed by atoms with E-state index in [9.17, 15) is 4.79 Å². The van der Waals surface area contributed by atoms with Gasteiger partial charge in [0, 0.05) is 13.2 Å². The normalized spacial score (nSPS) is 13.2. The molecule has 0 aliphatic heterocycles. The SMILES string of the molecule is COC(C/C=C/C=C/C(=O)O)c1ccc(C)cc1. The summed E-state index contributed by atoms with van der Waals surface area (Å²) in [6.07, 6.45) is 6.93. The summed E-state index contributed by atoms with van der Waals surface area (Å²) in [6, 6.07) is 8.19. The lowest BCUT2D eigenvalue weighted by molar-refractivity contribution is -0.131. The molecule has 0 radical (unpaired) electrons. The number of methoxy groups -OCH3 is 1. The monoisotopic (exact) mass is 246 g/mol. The van der Waals surface area contributed by atoms with E-state index in [1.54, 1.807) is 13.2 Å². The standard InChI is InChI=1S/C15H18O3/c1-12-8-10-13(11-9-12)14(18-2)6-4-3-5-7-15(16)17/h3-5,7-11,14H,6H2,1-2H3,(H,16,17)/b4-3+,7-5+. The van der Waals surface area contributed by atoms with Crippen LogP contribution in [0.25, 0.3) is 0 Å². The fraction of sp³-hybridized carbons (Fsp3) is 0.267. The summed E-state index contributed by atoms with van der Waals surface area (Å²) in [4.78, 5) is 10.3. The van der Waals surface area contributed by atoms with Crippen LogP contribution in [-0.2, 0) is 9.53 Å². The van der Waals surface area contributed by atoms with Crippen molar-refractivity contribution in [2.24, 2.45) is 0 Å². The first-order chi connectivity index (χ1) is 8.63. The number of hydrogen-bond acceptors (Lipinski definition) is 2. The van der Waals surface area contributed by atoms with Gasteiger partial charge in [0.2, 0.25) is 0 Å². The Kier molecular flexibility index (Phi) is 5.88. The third-order valence-electron chi connectivity index (χ3n) is 2.57. The van der Waals surface area contributed by atoms with E-state index < -0.39 is 5.97 Å². The molecule has 1 unspecified atom stereocenters. The van der Waals surface area contributed by atoms with Crippen molar-refractivity contribution in [3.8, 4) is 0 Å². The molecule has 96 valence electrons. The van der Waals surface area contributed by atoms with Crippen molar-refractivity contribution in [1.82, 2.24) is 0 Å². The number of allylic oxidation sites excluding steroid dienone is 2. The minimum Gasteiger partial charge on any atom is -0.478 e. The highest BCUT2D eigenvalue weighted by molar-refractivity contribution is 5.80. The van der Waals surface area contributed by atoms with E-state index in [2.05, 4.69) is 12.1 Å². The molecule has 1 rings (SSSR count). The molecule has 3 heteroatoms. The van der Waals surface area contributed by atoms with Crippen molar-refractivity contribution in [3.05, 3.63) is 59.7 Å². The number of hydrogen-bond donors (Lipinski definition) is 1.